The summed E-state index contributed by atoms with van der Waals surface area (Å²) < 4.78 is 5.63. The van der Waals surface area contributed by atoms with Crippen molar-refractivity contribution in [1.29, 1.82) is 0 Å². The van der Waals surface area contributed by atoms with Crippen molar-refractivity contribution in [2.45, 2.75) is 45.1 Å². The lowest BCUT2D eigenvalue weighted by Gasteiger charge is -2.13. The zero-order chi connectivity index (χ0) is 17.4. The summed E-state index contributed by atoms with van der Waals surface area (Å²) in [6, 6.07) is 8.75. The zero-order valence-electron chi connectivity index (χ0n) is 13.7. The summed E-state index contributed by atoms with van der Waals surface area (Å²) in [7, 11) is 0. The number of nitrogens with zero attached hydrogens (tertiary/aromatic N) is 1. The Morgan fingerprint density at radius 3 is 2.71 bits per heavy atom. The monoisotopic (exact) mass is 330 g/mol. The van der Waals surface area contributed by atoms with Crippen LogP contribution in [-0.4, -0.2) is 28.0 Å². The molecule has 2 aromatic rings. The van der Waals surface area contributed by atoms with Crippen LogP contribution < -0.4 is 5.32 Å². The van der Waals surface area contributed by atoms with Gasteiger partial charge in [-0.3, -0.25) is 4.79 Å². The van der Waals surface area contributed by atoms with Gasteiger partial charge in [-0.25, -0.2) is 9.78 Å². The van der Waals surface area contributed by atoms with Gasteiger partial charge >= 0.3 is 5.97 Å². The van der Waals surface area contributed by atoms with Crippen LogP contribution in [0.1, 0.15) is 38.5 Å². The first-order chi connectivity index (χ1) is 11.6. The molecule has 1 aromatic carbocycles. The van der Waals surface area contributed by atoms with Gasteiger partial charge in [-0.2, -0.15) is 0 Å². The molecule has 0 bridgehead atoms. The molecule has 1 amide bonds. The second-order valence-corrected chi connectivity index (χ2v) is 5.58. The van der Waals surface area contributed by atoms with Gasteiger partial charge in [-0.05, 0) is 6.42 Å². The summed E-state index contributed by atoms with van der Waals surface area (Å²) in [5, 5.41) is 11.7. The van der Waals surface area contributed by atoms with Crippen LogP contribution in [0.25, 0.3) is 11.3 Å². The normalized spacial score (nSPS) is 11.9. The number of carbonyl (C=O) groups excluding carboxylic acids is 1. The lowest BCUT2D eigenvalue weighted by Crippen LogP contribution is -2.40. The number of carbonyl (C=O) groups is 2. The molecule has 0 saturated carbocycles. The van der Waals surface area contributed by atoms with Crippen LogP contribution in [0.4, 0.5) is 0 Å². The molecule has 0 aliphatic rings. The fraction of sp³-hybridized carbons (Fsp3) is 0.389. The maximum absolute atomic E-state index is 11.9. The molecular formula is C18H22N2O4. The van der Waals surface area contributed by atoms with Crippen molar-refractivity contribution in [3.63, 3.8) is 0 Å². The molecule has 0 fully saturated rings. The van der Waals surface area contributed by atoms with E-state index in [2.05, 4.69) is 10.3 Å². The highest BCUT2D eigenvalue weighted by Gasteiger charge is 2.19. The SMILES string of the molecule is CCCC[C@H](NC(=O)CCc1ncc(-c2ccccc2)o1)C(=O)O. The van der Waals surface area contributed by atoms with E-state index in [1.54, 1.807) is 6.20 Å². The van der Waals surface area contributed by atoms with Crippen LogP contribution >= 0.6 is 0 Å². The Hall–Kier alpha value is -2.63. The predicted octanol–water partition coefficient (Wildman–Crippen LogP) is 3.03. The van der Waals surface area contributed by atoms with E-state index in [4.69, 9.17) is 9.52 Å². The number of amides is 1. The van der Waals surface area contributed by atoms with Crippen LogP contribution in [0.5, 0.6) is 0 Å². The van der Waals surface area contributed by atoms with Crippen LogP contribution in [0.3, 0.4) is 0 Å². The lowest BCUT2D eigenvalue weighted by molar-refractivity contribution is -0.142. The molecule has 1 atom stereocenters. The number of aromatic nitrogens is 1. The Morgan fingerprint density at radius 2 is 2.04 bits per heavy atom. The van der Waals surface area contributed by atoms with E-state index in [0.717, 1.165) is 18.4 Å². The van der Waals surface area contributed by atoms with E-state index in [-0.39, 0.29) is 12.3 Å². The first-order valence-corrected chi connectivity index (χ1v) is 8.12. The zero-order valence-corrected chi connectivity index (χ0v) is 13.7. The number of unbranched alkanes of at least 4 members (excludes halogenated alkanes) is 1. The number of benzene rings is 1. The molecule has 2 N–H and O–H groups in total. The fourth-order valence-corrected chi connectivity index (χ4v) is 2.31. The largest absolute Gasteiger partial charge is 0.480 e. The van der Waals surface area contributed by atoms with Crippen LogP contribution in [0.15, 0.2) is 40.9 Å². The molecule has 0 saturated heterocycles. The minimum Gasteiger partial charge on any atom is -0.480 e. The van der Waals surface area contributed by atoms with Crippen molar-refractivity contribution in [2.75, 3.05) is 0 Å². The Labute approximate surface area is 140 Å². The lowest BCUT2D eigenvalue weighted by atomic mass is 10.1. The summed E-state index contributed by atoms with van der Waals surface area (Å²) in [4.78, 5) is 27.2. The number of carboxylic acid groups (broad SMARTS) is 1. The van der Waals surface area contributed by atoms with Crippen LogP contribution in [0.2, 0.25) is 0 Å². The molecule has 0 aliphatic heterocycles. The summed E-state index contributed by atoms with van der Waals surface area (Å²) in [6.07, 6.45) is 4.19. The number of oxazole rings is 1. The maximum atomic E-state index is 11.9. The first-order valence-electron chi connectivity index (χ1n) is 8.12. The quantitative estimate of drug-likeness (QED) is 0.737. The molecular weight excluding hydrogens is 308 g/mol. The standard InChI is InChI=1S/C18H22N2O4/c1-2-3-9-14(18(22)23)20-16(21)10-11-17-19-12-15(24-17)13-7-5-4-6-8-13/h4-8,12,14H,2-3,9-11H2,1H3,(H,20,21)(H,22,23)/t14-/m0/s1. The van der Waals surface area contributed by atoms with E-state index in [1.807, 2.05) is 37.3 Å². The van der Waals surface area contributed by atoms with Gasteiger partial charge in [0, 0.05) is 18.4 Å². The van der Waals surface area contributed by atoms with E-state index in [0.29, 0.717) is 24.5 Å². The number of carboxylic acids is 1. The van der Waals surface area contributed by atoms with Crippen LogP contribution in [0, 0.1) is 0 Å². The second kappa shape index (κ2) is 8.86. The summed E-state index contributed by atoms with van der Waals surface area (Å²) in [6.45, 7) is 1.98. The van der Waals surface area contributed by atoms with E-state index < -0.39 is 12.0 Å². The first kappa shape index (κ1) is 17.7. The molecule has 6 heteroatoms. The van der Waals surface area contributed by atoms with Crippen molar-refractivity contribution >= 4 is 11.9 Å². The van der Waals surface area contributed by atoms with Gasteiger partial charge in [0.2, 0.25) is 5.91 Å². The molecule has 0 radical (unpaired) electrons. The number of aryl methyl sites for hydroxylation is 1. The van der Waals surface area contributed by atoms with Crippen LogP contribution in [-0.2, 0) is 16.0 Å². The third-order valence-corrected chi connectivity index (χ3v) is 3.66. The van der Waals surface area contributed by atoms with Crippen molar-refractivity contribution in [2.24, 2.45) is 0 Å². The third kappa shape index (κ3) is 5.22. The highest BCUT2D eigenvalue weighted by molar-refractivity contribution is 5.83. The number of rotatable bonds is 9. The molecule has 0 spiro atoms. The van der Waals surface area contributed by atoms with Gasteiger partial charge in [0.1, 0.15) is 6.04 Å². The van der Waals surface area contributed by atoms with Crippen molar-refractivity contribution in [3.05, 3.63) is 42.4 Å². The van der Waals surface area contributed by atoms with E-state index in [9.17, 15) is 9.59 Å². The summed E-state index contributed by atoms with van der Waals surface area (Å²) in [5.41, 5.74) is 0.922. The number of hydrogen-bond acceptors (Lipinski definition) is 4. The molecule has 6 nitrogen and oxygen atoms in total. The van der Waals surface area contributed by atoms with Crippen molar-refractivity contribution in [3.8, 4) is 11.3 Å². The molecule has 0 aliphatic carbocycles. The molecule has 2 rings (SSSR count). The summed E-state index contributed by atoms with van der Waals surface area (Å²) >= 11 is 0. The second-order valence-electron chi connectivity index (χ2n) is 5.58. The molecule has 1 heterocycles. The molecule has 128 valence electrons. The third-order valence-electron chi connectivity index (χ3n) is 3.66. The topological polar surface area (TPSA) is 92.4 Å². The van der Waals surface area contributed by atoms with E-state index in [1.165, 1.54) is 0 Å². The van der Waals surface area contributed by atoms with Gasteiger partial charge in [-0.15, -0.1) is 0 Å². The minimum atomic E-state index is -1.00. The van der Waals surface area contributed by atoms with Crippen molar-refractivity contribution < 1.29 is 19.1 Å². The van der Waals surface area contributed by atoms with Crippen molar-refractivity contribution in [1.82, 2.24) is 10.3 Å². The number of nitrogens with one attached hydrogen (secondary N) is 1. The fourth-order valence-electron chi connectivity index (χ4n) is 2.31. The highest BCUT2D eigenvalue weighted by Crippen LogP contribution is 2.20. The Morgan fingerprint density at radius 1 is 1.29 bits per heavy atom. The van der Waals surface area contributed by atoms with E-state index >= 15 is 0 Å². The van der Waals surface area contributed by atoms with Gasteiger partial charge in [0.15, 0.2) is 11.7 Å². The number of hydrogen-bond donors (Lipinski definition) is 2. The smallest absolute Gasteiger partial charge is 0.326 e. The van der Waals surface area contributed by atoms with Gasteiger partial charge in [-0.1, -0.05) is 50.1 Å². The Kier molecular flexibility index (Phi) is 6.54. The molecule has 0 unspecified atom stereocenters. The number of aliphatic carboxylic acids is 1. The Balaban J connectivity index is 1.85. The molecule has 1 aromatic heterocycles. The van der Waals surface area contributed by atoms with Gasteiger partial charge in [0.25, 0.3) is 0 Å². The average Bonchev–Trinajstić information content (AvgIpc) is 3.06. The maximum Gasteiger partial charge on any atom is 0.326 e. The minimum absolute atomic E-state index is 0.144. The average molecular weight is 330 g/mol. The highest BCUT2D eigenvalue weighted by atomic mass is 16.4. The predicted molar refractivity (Wildman–Crippen MR) is 89.4 cm³/mol. The van der Waals surface area contributed by atoms with Gasteiger partial charge in [0.05, 0.1) is 6.20 Å². The van der Waals surface area contributed by atoms with Gasteiger partial charge < -0.3 is 14.8 Å². The summed E-state index contributed by atoms with van der Waals surface area (Å²) in [5.74, 6) is -0.195. The molecule has 24 heavy (non-hydrogen) atoms. The Bertz CT molecular complexity index is 667.